The van der Waals surface area contributed by atoms with E-state index in [4.69, 9.17) is 0 Å². The predicted octanol–water partition coefficient (Wildman–Crippen LogP) is 2.43. The minimum Gasteiger partial charge on any atom is -0.317 e. The third kappa shape index (κ3) is 4.70. The van der Waals surface area contributed by atoms with Gasteiger partial charge in [0.1, 0.15) is 0 Å². The third-order valence-electron chi connectivity index (χ3n) is 3.24. The maximum Gasteiger partial charge on any atom is 0.0418 e. The van der Waals surface area contributed by atoms with Crippen molar-refractivity contribution in [2.75, 3.05) is 31.3 Å². The Bertz CT molecular complexity index is 285. The van der Waals surface area contributed by atoms with Gasteiger partial charge in [0.25, 0.3) is 0 Å². The maximum atomic E-state index is 3.38. The first-order valence-electron chi connectivity index (χ1n) is 6.51. The molecule has 0 aliphatic carbocycles. The monoisotopic (exact) mass is 250 g/mol. The lowest BCUT2D eigenvalue weighted by Crippen LogP contribution is -2.26. The fourth-order valence-electron chi connectivity index (χ4n) is 2.24. The van der Waals surface area contributed by atoms with Crippen LogP contribution in [0.15, 0.2) is 30.3 Å². The molecule has 0 amide bonds. The van der Waals surface area contributed by atoms with Crippen molar-refractivity contribution < 1.29 is 0 Å². The summed E-state index contributed by atoms with van der Waals surface area (Å²) in [5.74, 6) is 3.27. The summed E-state index contributed by atoms with van der Waals surface area (Å²) in [5, 5.41) is 6.57. The second kappa shape index (κ2) is 7.75. The largest absolute Gasteiger partial charge is 0.317 e. The minimum atomic E-state index is 0.799. The van der Waals surface area contributed by atoms with Crippen molar-refractivity contribution in [3.8, 4) is 0 Å². The van der Waals surface area contributed by atoms with E-state index in [0.717, 1.165) is 5.92 Å². The predicted molar refractivity (Wildman–Crippen MR) is 76.6 cm³/mol. The van der Waals surface area contributed by atoms with E-state index in [-0.39, 0.29) is 0 Å². The Balaban J connectivity index is 0.000000181. The van der Waals surface area contributed by atoms with E-state index in [1.54, 1.807) is 0 Å². The highest BCUT2D eigenvalue weighted by Crippen LogP contribution is 2.24. The molecule has 2 heterocycles. The lowest BCUT2D eigenvalue weighted by Gasteiger charge is -2.22. The summed E-state index contributed by atoms with van der Waals surface area (Å²) in [7, 11) is 0. The molecule has 2 nitrogen and oxygen atoms in total. The van der Waals surface area contributed by atoms with Gasteiger partial charge < -0.3 is 10.6 Å². The molecule has 0 saturated carbocycles. The van der Waals surface area contributed by atoms with Crippen LogP contribution in [-0.2, 0) is 0 Å². The first-order valence-corrected chi connectivity index (χ1v) is 7.66. The zero-order chi connectivity index (χ0) is 11.8. The van der Waals surface area contributed by atoms with Crippen LogP contribution >= 0.6 is 11.8 Å². The molecule has 0 spiro atoms. The lowest BCUT2D eigenvalue weighted by atomic mass is 9.90. The molecule has 2 fully saturated rings. The van der Waals surface area contributed by atoms with Crippen molar-refractivity contribution >= 4 is 11.8 Å². The summed E-state index contributed by atoms with van der Waals surface area (Å²) in [4.78, 5) is 0. The van der Waals surface area contributed by atoms with Gasteiger partial charge in [0.05, 0.1) is 0 Å². The molecular weight excluding hydrogens is 228 g/mol. The van der Waals surface area contributed by atoms with E-state index in [1.165, 1.54) is 49.7 Å². The van der Waals surface area contributed by atoms with Gasteiger partial charge in [0.15, 0.2) is 0 Å². The molecule has 0 bridgehead atoms. The van der Waals surface area contributed by atoms with E-state index in [0.29, 0.717) is 0 Å². The molecule has 3 heteroatoms. The van der Waals surface area contributed by atoms with Gasteiger partial charge in [0, 0.05) is 18.2 Å². The number of nitrogens with one attached hydrogen (secondary N) is 2. The average Bonchev–Trinajstić information content (AvgIpc) is 3.00. The zero-order valence-electron chi connectivity index (χ0n) is 10.3. The van der Waals surface area contributed by atoms with Crippen LogP contribution in [-0.4, -0.2) is 31.3 Å². The quantitative estimate of drug-likeness (QED) is 0.800. The van der Waals surface area contributed by atoms with E-state index < -0.39 is 0 Å². The Morgan fingerprint density at radius 1 is 0.941 bits per heavy atom. The number of rotatable bonds is 1. The third-order valence-corrected chi connectivity index (χ3v) is 4.14. The van der Waals surface area contributed by atoms with Crippen LogP contribution in [0.25, 0.3) is 0 Å². The lowest BCUT2D eigenvalue weighted by molar-refractivity contribution is 0.460. The molecule has 2 N–H and O–H groups in total. The van der Waals surface area contributed by atoms with Gasteiger partial charge in [-0.1, -0.05) is 30.3 Å². The number of thioether (sulfide) groups is 1. The molecule has 1 aromatic rings. The van der Waals surface area contributed by atoms with Crippen LogP contribution in [0, 0.1) is 0 Å². The van der Waals surface area contributed by atoms with Crippen molar-refractivity contribution in [3.63, 3.8) is 0 Å². The summed E-state index contributed by atoms with van der Waals surface area (Å²) in [6.07, 6.45) is 2.59. The van der Waals surface area contributed by atoms with Crippen molar-refractivity contribution in [1.82, 2.24) is 10.6 Å². The molecule has 2 aliphatic rings. The molecule has 2 saturated heterocycles. The molecule has 0 atom stereocenters. The average molecular weight is 250 g/mol. The van der Waals surface area contributed by atoms with Crippen LogP contribution in [0.1, 0.15) is 24.3 Å². The molecule has 0 radical (unpaired) electrons. The normalized spacial score (nSPS) is 20.7. The van der Waals surface area contributed by atoms with Crippen molar-refractivity contribution in [3.05, 3.63) is 35.9 Å². The minimum absolute atomic E-state index is 0.799. The van der Waals surface area contributed by atoms with E-state index in [1.807, 2.05) is 11.8 Å². The van der Waals surface area contributed by atoms with Gasteiger partial charge in [-0.25, -0.2) is 0 Å². The van der Waals surface area contributed by atoms with Crippen LogP contribution in [0.2, 0.25) is 0 Å². The standard InChI is InChI=1S/C11H15N.C3H7NS/c1-2-4-10(5-3-1)11-6-8-12-9-7-11;1-2-5-3-4-1/h1-5,11-12H,6-9H2;4H,1-3H2. The number of piperidine rings is 1. The number of hydrogen-bond donors (Lipinski definition) is 2. The smallest absolute Gasteiger partial charge is 0.0418 e. The Morgan fingerprint density at radius 2 is 1.71 bits per heavy atom. The second-order valence-corrected chi connectivity index (χ2v) is 5.59. The molecule has 3 rings (SSSR count). The van der Waals surface area contributed by atoms with Crippen molar-refractivity contribution in [1.29, 1.82) is 0 Å². The highest BCUT2D eigenvalue weighted by atomic mass is 32.2. The van der Waals surface area contributed by atoms with Gasteiger partial charge in [-0.15, -0.1) is 11.8 Å². The van der Waals surface area contributed by atoms with Crippen LogP contribution in [0.5, 0.6) is 0 Å². The maximum absolute atomic E-state index is 3.38. The second-order valence-electron chi connectivity index (χ2n) is 4.49. The van der Waals surface area contributed by atoms with Gasteiger partial charge in [-0.05, 0) is 37.4 Å². The Hall–Kier alpha value is -0.510. The summed E-state index contributed by atoms with van der Waals surface area (Å²) in [5.41, 5.74) is 1.51. The molecule has 94 valence electrons. The van der Waals surface area contributed by atoms with Crippen LogP contribution < -0.4 is 10.6 Å². The molecular formula is C14H22N2S. The van der Waals surface area contributed by atoms with Crippen LogP contribution in [0.4, 0.5) is 0 Å². The van der Waals surface area contributed by atoms with Gasteiger partial charge in [-0.2, -0.15) is 0 Å². The highest BCUT2D eigenvalue weighted by Gasteiger charge is 2.13. The molecule has 0 unspecified atom stereocenters. The van der Waals surface area contributed by atoms with Crippen LogP contribution in [0.3, 0.4) is 0 Å². The van der Waals surface area contributed by atoms with E-state index in [9.17, 15) is 0 Å². The highest BCUT2D eigenvalue weighted by molar-refractivity contribution is 7.99. The summed E-state index contributed by atoms with van der Waals surface area (Å²) in [6.45, 7) is 3.57. The Labute approximate surface area is 109 Å². The molecule has 0 aromatic heterocycles. The summed E-state index contributed by atoms with van der Waals surface area (Å²) < 4.78 is 0. The van der Waals surface area contributed by atoms with Crippen molar-refractivity contribution in [2.45, 2.75) is 18.8 Å². The Morgan fingerprint density at radius 3 is 2.24 bits per heavy atom. The Kier molecular flexibility index (Phi) is 5.89. The first-order chi connectivity index (χ1) is 8.47. The first kappa shape index (κ1) is 12.9. The number of hydrogen-bond acceptors (Lipinski definition) is 3. The fraction of sp³-hybridized carbons (Fsp3) is 0.571. The summed E-state index contributed by atoms with van der Waals surface area (Å²) in [6, 6.07) is 10.9. The van der Waals surface area contributed by atoms with Gasteiger partial charge in [0.2, 0.25) is 0 Å². The van der Waals surface area contributed by atoms with Gasteiger partial charge >= 0.3 is 0 Å². The number of benzene rings is 1. The zero-order valence-corrected chi connectivity index (χ0v) is 11.1. The SMILES string of the molecule is C1CSCN1.c1ccc(C2CCNCC2)cc1. The van der Waals surface area contributed by atoms with Gasteiger partial charge in [-0.3, -0.25) is 0 Å². The van der Waals surface area contributed by atoms with Crippen molar-refractivity contribution in [2.24, 2.45) is 0 Å². The fourth-order valence-corrected chi connectivity index (χ4v) is 2.96. The van der Waals surface area contributed by atoms with E-state index >= 15 is 0 Å². The topological polar surface area (TPSA) is 24.1 Å². The molecule has 17 heavy (non-hydrogen) atoms. The van der Waals surface area contributed by atoms with E-state index in [2.05, 4.69) is 41.0 Å². The summed E-state index contributed by atoms with van der Waals surface area (Å²) >= 11 is 1.96. The molecule has 1 aromatic carbocycles. The molecule has 2 aliphatic heterocycles.